The van der Waals surface area contributed by atoms with Crippen molar-refractivity contribution in [3.8, 4) is 0 Å². The van der Waals surface area contributed by atoms with E-state index in [1.165, 1.54) is 25.7 Å². The van der Waals surface area contributed by atoms with Crippen LogP contribution in [0.4, 0.5) is 5.82 Å². The average molecular weight is 299 g/mol. The van der Waals surface area contributed by atoms with Crippen LogP contribution < -0.4 is 10.6 Å². The molecule has 3 nitrogen and oxygen atoms in total. The van der Waals surface area contributed by atoms with Crippen molar-refractivity contribution < 1.29 is 0 Å². The van der Waals surface area contributed by atoms with Crippen molar-refractivity contribution >= 4 is 33.9 Å². The Morgan fingerprint density at radius 3 is 2.76 bits per heavy atom. The largest absolute Gasteiger partial charge is 0.389 e. The van der Waals surface area contributed by atoms with E-state index in [4.69, 9.17) is 22.9 Å². The van der Waals surface area contributed by atoms with Crippen LogP contribution >= 0.6 is 12.2 Å². The molecule has 0 unspecified atom stereocenters. The molecule has 1 saturated carbocycles. The summed E-state index contributed by atoms with van der Waals surface area (Å²) in [7, 11) is 2.09. The summed E-state index contributed by atoms with van der Waals surface area (Å²) >= 11 is 5.23. The fraction of sp³-hybridized carbons (Fsp3) is 0.412. The van der Waals surface area contributed by atoms with E-state index in [9.17, 15) is 0 Å². The Kier molecular flexibility index (Phi) is 4.06. The Hall–Kier alpha value is -1.68. The summed E-state index contributed by atoms with van der Waals surface area (Å²) in [6.45, 7) is 1.03. The monoisotopic (exact) mass is 299 g/mol. The van der Waals surface area contributed by atoms with Crippen LogP contribution in [0.25, 0.3) is 10.9 Å². The molecule has 2 N–H and O–H groups in total. The van der Waals surface area contributed by atoms with E-state index in [-0.39, 0.29) is 0 Å². The molecule has 3 rings (SSSR count). The quantitative estimate of drug-likeness (QED) is 0.878. The third-order valence-electron chi connectivity index (χ3n) is 4.34. The van der Waals surface area contributed by atoms with Crippen molar-refractivity contribution in [3.05, 3.63) is 35.9 Å². The minimum atomic E-state index is 0.418. The summed E-state index contributed by atoms with van der Waals surface area (Å²) < 4.78 is 0. The molecule has 0 radical (unpaired) electrons. The molecule has 2 aromatic rings. The topological polar surface area (TPSA) is 42.2 Å². The Bertz CT molecular complexity index is 662. The maximum atomic E-state index is 5.92. The highest BCUT2D eigenvalue weighted by Gasteiger charge is 2.20. The van der Waals surface area contributed by atoms with Gasteiger partial charge in [-0.3, -0.25) is 0 Å². The van der Waals surface area contributed by atoms with Gasteiger partial charge < -0.3 is 10.6 Å². The van der Waals surface area contributed by atoms with Crippen LogP contribution in [0, 0.1) is 5.92 Å². The second-order valence-electron chi connectivity index (χ2n) is 5.95. The number of nitrogens with zero attached hydrogens (tertiary/aromatic N) is 2. The van der Waals surface area contributed by atoms with Gasteiger partial charge in [-0.05, 0) is 30.9 Å². The smallest absolute Gasteiger partial charge is 0.139 e. The lowest BCUT2D eigenvalue weighted by molar-refractivity contribution is 0.545. The van der Waals surface area contributed by atoms with E-state index in [0.29, 0.717) is 4.99 Å². The normalized spacial score (nSPS) is 15.5. The summed E-state index contributed by atoms with van der Waals surface area (Å²) in [5, 5.41) is 1.08. The third kappa shape index (κ3) is 3.00. The van der Waals surface area contributed by atoms with E-state index >= 15 is 0 Å². The summed E-state index contributed by atoms with van der Waals surface area (Å²) in [6, 6.07) is 10.2. The first kappa shape index (κ1) is 14.3. The molecule has 110 valence electrons. The van der Waals surface area contributed by atoms with Crippen LogP contribution in [0.5, 0.6) is 0 Å². The first-order chi connectivity index (χ1) is 10.1. The van der Waals surface area contributed by atoms with Gasteiger partial charge in [-0.15, -0.1) is 0 Å². The molecular weight excluding hydrogens is 278 g/mol. The van der Waals surface area contributed by atoms with Crippen molar-refractivity contribution in [3.63, 3.8) is 0 Å². The maximum absolute atomic E-state index is 5.92. The molecule has 1 aliphatic carbocycles. The van der Waals surface area contributed by atoms with E-state index in [1.807, 2.05) is 24.3 Å². The van der Waals surface area contributed by atoms with Gasteiger partial charge in [0.1, 0.15) is 10.8 Å². The van der Waals surface area contributed by atoms with Crippen molar-refractivity contribution in [1.29, 1.82) is 0 Å². The molecule has 0 atom stereocenters. The standard InChI is InChI=1S/C17H21N3S/c1-20(11-12-6-2-3-7-12)17-14(16(18)21)10-13-8-4-5-9-15(13)19-17/h4-5,8-10,12H,2-3,6-7,11H2,1H3,(H2,18,21). The summed E-state index contributed by atoms with van der Waals surface area (Å²) in [5.74, 6) is 1.68. The number of rotatable bonds is 4. The number of thiocarbonyl (C=S) groups is 1. The highest BCUT2D eigenvalue weighted by molar-refractivity contribution is 7.80. The van der Waals surface area contributed by atoms with Crippen molar-refractivity contribution in [2.24, 2.45) is 11.7 Å². The zero-order valence-electron chi connectivity index (χ0n) is 12.4. The number of benzene rings is 1. The maximum Gasteiger partial charge on any atom is 0.139 e. The Labute approximate surface area is 131 Å². The first-order valence-electron chi connectivity index (χ1n) is 7.56. The SMILES string of the molecule is CN(CC1CCCC1)c1nc2ccccc2cc1C(N)=S. The number of anilines is 1. The molecule has 0 saturated heterocycles. The second-order valence-corrected chi connectivity index (χ2v) is 6.39. The molecule has 0 bridgehead atoms. The lowest BCUT2D eigenvalue weighted by atomic mass is 10.1. The fourth-order valence-electron chi connectivity index (χ4n) is 3.24. The van der Waals surface area contributed by atoms with Crippen LogP contribution in [-0.4, -0.2) is 23.6 Å². The highest BCUT2D eigenvalue weighted by atomic mass is 32.1. The molecule has 4 heteroatoms. The van der Waals surface area contributed by atoms with Crippen LogP contribution in [0.1, 0.15) is 31.2 Å². The predicted molar refractivity (Wildman–Crippen MR) is 92.9 cm³/mol. The Morgan fingerprint density at radius 1 is 1.33 bits per heavy atom. The average Bonchev–Trinajstić information content (AvgIpc) is 2.98. The van der Waals surface area contributed by atoms with E-state index < -0.39 is 0 Å². The van der Waals surface area contributed by atoms with E-state index in [0.717, 1.165) is 34.7 Å². The van der Waals surface area contributed by atoms with Gasteiger partial charge in [0, 0.05) is 19.0 Å². The lowest BCUT2D eigenvalue weighted by Crippen LogP contribution is -2.27. The van der Waals surface area contributed by atoms with Crippen molar-refractivity contribution in [2.45, 2.75) is 25.7 Å². The molecule has 1 fully saturated rings. The molecule has 0 aliphatic heterocycles. The number of pyridine rings is 1. The minimum Gasteiger partial charge on any atom is -0.389 e. The molecule has 1 aliphatic rings. The van der Waals surface area contributed by atoms with Crippen LogP contribution in [0.2, 0.25) is 0 Å². The fourth-order valence-corrected chi connectivity index (χ4v) is 3.39. The van der Waals surface area contributed by atoms with Crippen LogP contribution in [0.3, 0.4) is 0 Å². The minimum absolute atomic E-state index is 0.418. The lowest BCUT2D eigenvalue weighted by Gasteiger charge is -2.24. The summed E-state index contributed by atoms with van der Waals surface area (Å²) in [6.07, 6.45) is 5.35. The molecule has 1 aromatic heterocycles. The second kappa shape index (κ2) is 5.98. The van der Waals surface area contributed by atoms with Gasteiger partial charge >= 0.3 is 0 Å². The summed E-state index contributed by atoms with van der Waals surface area (Å²) in [5.41, 5.74) is 7.79. The van der Waals surface area contributed by atoms with Gasteiger partial charge in [0.15, 0.2) is 0 Å². The molecule has 21 heavy (non-hydrogen) atoms. The zero-order valence-corrected chi connectivity index (χ0v) is 13.2. The predicted octanol–water partition coefficient (Wildman–Crippen LogP) is 3.50. The molecule has 1 heterocycles. The number of fused-ring (bicyclic) bond motifs is 1. The van der Waals surface area contributed by atoms with Gasteiger partial charge in [-0.25, -0.2) is 4.98 Å². The first-order valence-corrected chi connectivity index (χ1v) is 7.96. The van der Waals surface area contributed by atoms with Gasteiger partial charge in [-0.1, -0.05) is 43.3 Å². The van der Waals surface area contributed by atoms with Gasteiger partial charge in [0.25, 0.3) is 0 Å². The van der Waals surface area contributed by atoms with Gasteiger partial charge in [0.05, 0.1) is 11.1 Å². The number of hydrogen-bond donors (Lipinski definition) is 1. The molecule has 0 spiro atoms. The molecule has 1 aromatic carbocycles. The zero-order chi connectivity index (χ0) is 14.8. The van der Waals surface area contributed by atoms with Crippen LogP contribution in [0.15, 0.2) is 30.3 Å². The van der Waals surface area contributed by atoms with Crippen LogP contribution in [-0.2, 0) is 0 Å². The number of para-hydroxylation sites is 1. The van der Waals surface area contributed by atoms with E-state index in [2.05, 4.69) is 18.0 Å². The third-order valence-corrected chi connectivity index (χ3v) is 4.56. The Balaban J connectivity index is 1.98. The summed E-state index contributed by atoms with van der Waals surface area (Å²) in [4.78, 5) is 7.43. The van der Waals surface area contributed by atoms with Crippen molar-refractivity contribution in [1.82, 2.24) is 4.98 Å². The van der Waals surface area contributed by atoms with Gasteiger partial charge in [-0.2, -0.15) is 0 Å². The van der Waals surface area contributed by atoms with E-state index in [1.54, 1.807) is 0 Å². The van der Waals surface area contributed by atoms with Crippen molar-refractivity contribution in [2.75, 3.05) is 18.5 Å². The number of aromatic nitrogens is 1. The number of nitrogens with two attached hydrogens (primary N) is 1. The Morgan fingerprint density at radius 2 is 2.05 bits per heavy atom. The molecular formula is C17H21N3S. The molecule has 0 amide bonds. The highest BCUT2D eigenvalue weighted by Crippen LogP contribution is 2.28. The number of hydrogen-bond acceptors (Lipinski definition) is 3. The van der Waals surface area contributed by atoms with Gasteiger partial charge in [0.2, 0.25) is 0 Å².